The Balaban J connectivity index is 1.61. The molecule has 1 heterocycles. The molecule has 3 aromatic rings. The quantitative estimate of drug-likeness (QED) is 0.231. The van der Waals surface area contributed by atoms with Gasteiger partial charge in [-0.1, -0.05) is 44.2 Å². The molecule has 0 amide bonds. The summed E-state index contributed by atoms with van der Waals surface area (Å²) in [6.07, 6.45) is -0.829. The number of nitrogens with zero attached hydrogens (tertiary/aromatic N) is 3. The maximum absolute atomic E-state index is 14.7. The predicted molar refractivity (Wildman–Crippen MR) is 141 cm³/mol. The first-order chi connectivity index (χ1) is 16.6. The van der Waals surface area contributed by atoms with Gasteiger partial charge in [-0.3, -0.25) is 0 Å². The molecule has 2 N–H and O–H groups in total. The number of hydrogen-bond donors (Lipinski definition) is 2. The van der Waals surface area contributed by atoms with E-state index in [9.17, 15) is 14.6 Å². The third-order valence-corrected chi connectivity index (χ3v) is 7.15. The lowest BCUT2D eigenvalue weighted by Gasteiger charge is -2.27. The summed E-state index contributed by atoms with van der Waals surface area (Å²) >= 11 is 7.78. The smallest absolute Gasteiger partial charge is 0.165 e. The summed E-state index contributed by atoms with van der Waals surface area (Å²) in [5, 5.41) is 27.5. The lowest BCUT2D eigenvalue weighted by molar-refractivity contribution is 0.0866. The number of hydrogen-bond acceptors (Lipinski definition) is 6. The molecule has 0 aliphatic heterocycles. The SMILES string of the molecule is CC(CCl)COc1ccc(C(C)(C)c2ccc(OCC(O)Cn3nnc([123I])c3CO)cc2)cc1F. The van der Waals surface area contributed by atoms with Crippen LogP contribution in [-0.2, 0) is 18.6 Å². The molecule has 0 aliphatic rings. The number of alkyl halides is 1. The maximum Gasteiger partial charge on any atom is 0.165 e. The Kier molecular flexibility index (Phi) is 9.74. The number of aromatic nitrogens is 3. The molecular formula is C25H30ClFIN3O4. The number of ether oxygens (including phenoxy) is 2. The minimum atomic E-state index is -0.829. The molecule has 2 atom stereocenters. The van der Waals surface area contributed by atoms with Gasteiger partial charge >= 0.3 is 0 Å². The molecule has 2 unspecified atom stereocenters. The van der Waals surface area contributed by atoms with E-state index in [1.165, 1.54) is 10.7 Å². The lowest BCUT2D eigenvalue weighted by atomic mass is 9.78. The van der Waals surface area contributed by atoms with Crippen molar-refractivity contribution < 1.29 is 24.1 Å². The topological polar surface area (TPSA) is 89.6 Å². The van der Waals surface area contributed by atoms with Crippen molar-refractivity contribution in [3.05, 3.63) is 68.8 Å². The van der Waals surface area contributed by atoms with Gasteiger partial charge in [0, 0.05) is 17.2 Å². The molecule has 0 aliphatic carbocycles. The van der Waals surface area contributed by atoms with Crippen LogP contribution in [0.2, 0.25) is 0 Å². The second kappa shape index (κ2) is 12.3. The minimum Gasteiger partial charge on any atom is -0.491 e. The zero-order chi connectivity index (χ0) is 25.6. The standard InChI is InChI=1S/C25H30ClFIN3O4/c1-16(11-26)14-35-23-9-6-18(10-21(23)27)25(2,3)17-4-7-20(8-5-17)34-15-19(33)12-31-22(13-32)24(28)29-30-31/h4-10,16,19,32-33H,11-15H2,1-3H3/i28-4. The molecule has 3 rings (SSSR count). The van der Waals surface area contributed by atoms with Crippen LogP contribution >= 0.6 is 34.2 Å². The molecule has 190 valence electrons. The number of rotatable bonds is 12. The van der Waals surface area contributed by atoms with Crippen LogP contribution < -0.4 is 9.47 Å². The van der Waals surface area contributed by atoms with Crippen molar-refractivity contribution in [2.75, 3.05) is 19.1 Å². The molecule has 0 radical (unpaired) electrons. The van der Waals surface area contributed by atoms with E-state index in [2.05, 4.69) is 10.3 Å². The summed E-state index contributed by atoms with van der Waals surface area (Å²) < 4.78 is 28.0. The van der Waals surface area contributed by atoms with E-state index in [1.54, 1.807) is 6.07 Å². The fraction of sp³-hybridized carbons (Fsp3) is 0.440. The summed E-state index contributed by atoms with van der Waals surface area (Å²) in [7, 11) is 0. The maximum atomic E-state index is 14.7. The van der Waals surface area contributed by atoms with Crippen molar-refractivity contribution in [3.8, 4) is 11.5 Å². The number of aliphatic hydroxyl groups is 2. The molecule has 0 spiro atoms. The second-order valence-electron chi connectivity index (χ2n) is 9.00. The molecule has 10 heteroatoms. The Morgan fingerprint density at radius 2 is 1.80 bits per heavy atom. The highest BCUT2D eigenvalue weighted by atomic mass is 123. The first kappa shape index (κ1) is 27.6. The van der Waals surface area contributed by atoms with E-state index in [-0.39, 0.29) is 31.4 Å². The first-order valence-corrected chi connectivity index (χ1v) is 12.9. The molecule has 0 bridgehead atoms. The molecule has 7 nitrogen and oxygen atoms in total. The van der Waals surface area contributed by atoms with Gasteiger partial charge in [-0.05, 0) is 58.0 Å². The Labute approximate surface area is 223 Å². The number of benzene rings is 2. The largest absolute Gasteiger partial charge is 0.491 e. The summed E-state index contributed by atoms with van der Waals surface area (Å²) in [5.41, 5.74) is 1.90. The highest BCUT2D eigenvalue weighted by molar-refractivity contribution is 14.1. The van der Waals surface area contributed by atoms with Crippen LogP contribution in [0, 0.1) is 15.4 Å². The molecule has 0 saturated heterocycles. The van der Waals surface area contributed by atoms with Crippen LogP contribution in [0.4, 0.5) is 4.39 Å². The van der Waals surface area contributed by atoms with Gasteiger partial charge in [0.25, 0.3) is 0 Å². The van der Waals surface area contributed by atoms with Gasteiger partial charge in [0.2, 0.25) is 0 Å². The summed E-state index contributed by atoms with van der Waals surface area (Å²) in [4.78, 5) is 0. The average molecular weight is 614 g/mol. The van der Waals surface area contributed by atoms with Crippen molar-refractivity contribution in [2.24, 2.45) is 5.92 Å². The third kappa shape index (κ3) is 7.05. The van der Waals surface area contributed by atoms with Crippen molar-refractivity contribution in [3.63, 3.8) is 0 Å². The van der Waals surface area contributed by atoms with Crippen LogP contribution in [0.5, 0.6) is 11.5 Å². The van der Waals surface area contributed by atoms with E-state index in [0.717, 1.165) is 11.1 Å². The summed E-state index contributed by atoms with van der Waals surface area (Å²) in [6.45, 7) is 6.36. The van der Waals surface area contributed by atoms with E-state index in [4.69, 9.17) is 21.1 Å². The van der Waals surface area contributed by atoms with Gasteiger partial charge in [-0.2, -0.15) is 0 Å². The highest BCUT2D eigenvalue weighted by Crippen LogP contribution is 2.34. The molecular weight excluding hydrogens is 584 g/mol. The monoisotopic (exact) mass is 613 g/mol. The Morgan fingerprint density at radius 1 is 1.11 bits per heavy atom. The number of aliphatic hydroxyl groups excluding tert-OH is 2. The van der Waals surface area contributed by atoms with Gasteiger partial charge in [0.1, 0.15) is 22.2 Å². The van der Waals surface area contributed by atoms with Gasteiger partial charge in [-0.15, -0.1) is 16.7 Å². The molecule has 35 heavy (non-hydrogen) atoms. The van der Waals surface area contributed by atoms with Crippen LogP contribution in [0.15, 0.2) is 42.5 Å². The van der Waals surface area contributed by atoms with E-state index in [0.29, 0.717) is 27.6 Å². The normalized spacial score (nSPS) is 13.5. The Morgan fingerprint density at radius 3 is 2.43 bits per heavy atom. The van der Waals surface area contributed by atoms with Crippen LogP contribution in [0.1, 0.15) is 37.6 Å². The Bertz CT molecular complexity index is 1110. The molecule has 0 fully saturated rings. The predicted octanol–water partition coefficient (Wildman–Crippen LogP) is 4.53. The summed E-state index contributed by atoms with van der Waals surface area (Å²) in [6, 6.07) is 12.5. The van der Waals surface area contributed by atoms with Crippen LogP contribution in [0.3, 0.4) is 0 Å². The van der Waals surface area contributed by atoms with Gasteiger partial charge in [0.15, 0.2) is 11.6 Å². The fourth-order valence-corrected chi connectivity index (χ4v) is 4.10. The van der Waals surface area contributed by atoms with Gasteiger partial charge in [0.05, 0.1) is 25.5 Å². The molecule has 0 saturated carbocycles. The van der Waals surface area contributed by atoms with Crippen molar-refractivity contribution in [1.29, 1.82) is 0 Å². The van der Waals surface area contributed by atoms with Crippen LogP contribution in [-0.4, -0.2) is 50.4 Å². The van der Waals surface area contributed by atoms with E-state index in [1.807, 2.05) is 73.7 Å². The minimum absolute atomic E-state index is 0.0546. The van der Waals surface area contributed by atoms with Crippen LogP contribution in [0.25, 0.3) is 0 Å². The highest BCUT2D eigenvalue weighted by Gasteiger charge is 2.25. The number of halogens is 3. The van der Waals surface area contributed by atoms with Crippen molar-refractivity contribution >= 4 is 34.2 Å². The van der Waals surface area contributed by atoms with E-state index < -0.39 is 17.3 Å². The van der Waals surface area contributed by atoms with Gasteiger partial charge < -0.3 is 19.7 Å². The Hall–Kier alpha value is -1.95. The molecule has 2 aromatic carbocycles. The zero-order valence-corrected chi connectivity index (χ0v) is 22.8. The van der Waals surface area contributed by atoms with E-state index >= 15 is 0 Å². The van der Waals surface area contributed by atoms with Gasteiger partial charge in [-0.25, -0.2) is 9.07 Å². The summed E-state index contributed by atoms with van der Waals surface area (Å²) in [5.74, 6) is 1.01. The third-order valence-electron chi connectivity index (χ3n) is 5.78. The first-order valence-electron chi connectivity index (χ1n) is 11.2. The lowest BCUT2D eigenvalue weighted by Crippen LogP contribution is -2.25. The zero-order valence-electron chi connectivity index (χ0n) is 19.9. The average Bonchev–Trinajstić information content (AvgIpc) is 3.20. The fourth-order valence-electron chi connectivity index (χ4n) is 3.47. The second-order valence-corrected chi connectivity index (χ2v) is 10.3. The van der Waals surface area contributed by atoms with Crippen molar-refractivity contribution in [2.45, 2.75) is 45.4 Å². The van der Waals surface area contributed by atoms with Crippen molar-refractivity contribution in [1.82, 2.24) is 15.0 Å². The molecule has 1 aromatic heterocycles.